The van der Waals surface area contributed by atoms with Crippen LogP contribution in [-0.2, 0) is 0 Å². The predicted octanol–water partition coefficient (Wildman–Crippen LogP) is 9.38. The highest BCUT2D eigenvalue weighted by Gasteiger charge is 2.27. The molecule has 2 heterocycles. The summed E-state index contributed by atoms with van der Waals surface area (Å²) in [7, 11) is -1.52. The molecule has 0 amide bonds. The summed E-state index contributed by atoms with van der Waals surface area (Å²) in [6.07, 6.45) is 0. The van der Waals surface area contributed by atoms with E-state index in [1.54, 1.807) is 0 Å². The van der Waals surface area contributed by atoms with Gasteiger partial charge in [-0.1, -0.05) is 107 Å². The number of aromatic nitrogens is 2. The normalized spacial score (nSPS) is 12.6. The van der Waals surface area contributed by atoms with E-state index >= 15 is 0 Å². The summed E-state index contributed by atoms with van der Waals surface area (Å²) < 4.78 is 8.91. The van der Waals surface area contributed by atoms with Gasteiger partial charge in [0.2, 0.25) is 0 Å². The lowest BCUT2D eigenvalue weighted by molar-refractivity contribution is 0.669. The van der Waals surface area contributed by atoms with Gasteiger partial charge in [-0.25, -0.2) is 4.98 Å². The molecule has 0 radical (unpaired) electrons. The van der Waals surface area contributed by atoms with Crippen LogP contribution in [0.15, 0.2) is 83.3 Å². The minimum absolute atomic E-state index is 0.370. The number of para-hydroxylation sites is 4. The summed E-state index contributed by atoms with van der Waals surface area (Å²) in [4.78, 5) is 5.26. The predicted molar refractivity (Wildman–Crippen MR) is 165 cm³/mol. The van der Waals surface area contributed by atoms with Crippen LogP contribution < -0.4 is 5.19 Å². The van der Waals surface area contributed by atoms with Crippen molar-refractivity contribution < 1.29 is 4.42 Å². The first-order valence-electron chi connectivity index (χ1n) is 13.7. The molecular weight excluding hydrogens is 480 g/mol. The van der Waals surface area contributed by atoms with Crippen molar-refractivity contribution >= 4 is 46.2 Å². The smallest absolute Gasteiger partial charge is 0.149 e. The van der Waals surface area contributed by atoms with Crippen LogP contribution in [0, 0.1) is 0 Å². The van der Waals surface area contributed by atoms with Gasteiger partial charge in [-0.15, -0.1) is 0 Å². The summed E-state index contributed by atoms with van der Waals surface area (Å²) in [6, 6.07) is 28.2. The maximum atomic E-state index is 6.50. The Bertz CT molecular complexity index is 1780. The fraction of sp³-hybridized carbons (Fsp3) is 0.265. The van der Waals surface area contributed by atoms with E-state index in [0.29, 0.717) is 11.8 Å². The number of nitrogens with zero attached hydrogens (tertiary/aromatic N) is 2. The third-order valence-electron chi connectivity index (χ3n) is 7.71. The van der Waals surface area contributed by atoms with Crippen molar-refractivity contribution in [3.63, 3.8) is 0 Å². The molecule has 4 aromatic carbocycles. The van der Waals surface area contributed by atoms with Gasteiger partial charge in [0, 0.05) is 10.8 Å². The van der Waals surface area contributed by atoms with Crippen LogP contribution in [0.2, 0.25) is 19.6 Å². The molecule has 6 aromatic rings. The highest BCUT2D eigenvalue weighted by molar-refractivity contribution is 6.88. The lowest BCUT2D eigenvalue weighted by Crippen LogP contribution is -2.38. The van der Waals surface area contributed by atoms with Gasteiger partial charge in [0.1, 0.15) is 17.0 Å². The fourth-order valence-corrected chi connectivity index (χ4v) is 6.78. The van der Waals surface area contributed by atoms with Crippen molar-refractivity contribution in [1.29, 1.82) is 0 Å². The van der Waals surface area contributed by atoms with Gasteiger partial charge in [0.15, 0.2) is 0 Å². The SMILES string of the molecule is CC(C)c1cc([Si](C)(C)C)cc(C(C)C)c1-n1c(-c2cccc3c2oc2ccccc23)nc2ccccc21. The highest BCUT2D eigenvalue weighted by atomic mass is 28.3. The second-order valence-corrected chi connectivity index (χ2v) is 17.2. The Kier molecular flexibility index (Phi) is 5.84. The van der Waals surface area contributed by atoms with Gasteiger partial charge >= 0.3 is 0 Å². The fourth-order valence-electron chi connectivity index (χ4n) is 5.61. The molecule has 0 bridgehead atoms. The molecule has 0 fully saturated rings. The van der Waals surface area contributed by atoms with E-state index in [0.717, 1.165) is 44.4 Å². The molecule has 0 aliphatic carbocycles. The second kappa shape index (κ2) is 8.99. The maximum Gasteiger partial charge on any atom is 0.149 e. The molecule has 0 saturated heterocycles. The van der Waals surface area contributed by atoms with Crippen molar-refractivity contribution in [2.75, 3.05) is 0 Å². The summed E-state index contributed by atoms with van der Waals surface area (Å²) in [5.74, 6) is 1.67. The molecule has 0 aliphatic heterocycles. The molecule has 2 aromatic heterocycles. The van der Waals surface area contributed by atoms with Crippen molar-refractivity contribution in [1.82, 2.24) is 9.55 Å². The zero-order chi connectivity index (χ0) is 26.8. The topological polar surface area (TPSA) is 31.0 Å². The van der Waals surface area contributed by atoms with Crippen molar-refractivity contribution in [2.45, 2.75) is 59.2 Å². The van der Waals surface area contributed by atoms with Crippen LogP contribution in [0.3, 0.4) is 0 Å². The van der Waals surface area contributed by atoms with Gasteiger partial charge in [0.25, 0.3) is 0 Å². The van der Waals surface area contributed by atoms with E-state index in [4.69, 9.17) is 9.40 Å². The van der Waals surface area contributed by atoms with E-state index in [1.165, 1.54) is 22.0 Å². The molecule has 0 unspecified atom stereocenters. The third kappa shape index (κ3) is 3.90. The Morgan fingerprint density at radius 2 is 1.37 bits per heavy atom. The average molecular weight is 517 g/mol. The summed E-state index contributed by atoms with van der Waals surface area (Å²) in [6.45, 7) is 16.6. The van der Waals surface area contributed by atoms with Crippen LogP contribution in [0.5, 0.6) is 0 Å². The summed E-state index contributed by atoms with van der Waals surface area (Å²) in [5.41, 5.74) is 8.98. The summed E-state index contributed by atoms with van der Waals surface area (Å²) >= 11 is 0. The maximum absolute atomic E-state index is 6.50. The number of imidazole rings is 1. The first-order chi connectivity index (χ1) is 18.1. The van der Waals surface area contributed by atoms with Crippen LogP contribution in [0.1, 0.15) is 50.7 Å². The molecule has 6 rings (SSSR count). The number of benzene rings is 4. The molecule has 4 heteroatoms. The lowest BCUT2D eigenvalue weighted by Gasteiger charge is -2.27. The Morgan fingerprint density at radius 3 is 2.05 bits per heavy atom. The molecule has 192 valence electrons. The average Bonchev–Trinajstić information content (AvgIpc) is 3.45. The standard InChI is InChI=1S/C34H36N2OSi/c1-21(2)27-19-23(38(5,6)7)20-28(22(3)4)32(27)36-30-17-10-9-16-29(30)35-34(36)26-15-12-14-25-24-13-8-11-18-31(24)37-33(25)26/h8-22H,1-7H3. The zero-order valence-electron chi connectivity index (χ0n) is 23.5. The highest BCUT2D eigenvalue weighted by Crippen LogP contribution is 2.40. The van der Waals surface area contributed by atoms with Gasteiger partial charge in [0.05, 0.1) is 30.4 Å². The minimum atomic E-state index is -1.52. The molecular formula is C34H36N2OSi. The number of rotatable bonds is 5. The number of hydrogen-bond acceptors (Lipinski definition) is 2. The number of hydrogen-bond donors (Lipinski definition) is 0. The zero-order valence-corrected chi connectivity index (χ0v) is 24.5. The molecule has 0 N–H and O–H groups in total. The quantitative estimate of drug-likeness (QED) is 0.214. The Hall–Kier alpha value is -3.63. The van der Waals surface area contributed by atoms with Crippen LogP contribution >= 0.6 is 0 Å². The van der Waals surface area contributed by atoms with Crippen molar-refractivity contribution in [3.05, 3.63) is 90.0 Å². The monoisotopic (exact) mass is 516 g/mol. The Morgan fingerprint density at radius 1 is 0.737 bits per heavy atom. The Balaban J connectivity index is 1.76. The van der Waals surface area contributed by atoms with Gasteiger partial charge in [-0.2, -0.15) is 0 Å². The summed E-state index contributed by atoms with van der Waals surface area (Å²) in [5, 5.41) is 3.77. The molecule has 38 heavy (non-hydrogen) atoms. The van der Waals surface area contributed by atoms with Crippen LogP contribution in [0.4, 0.5) is 0 Å². The van der Waals surface area contributed by atoms with Crippen LogP contribution in [-0.4, -0.2) is 17.6 Å². The molecule has 0 aliphatic rings. The van der Waals surface area contributed by atoms with Crippen molar-refractivity contribution in [2.24, 2.45) is 0 Å². The number of fused-ring (bicyclic) bond motifs is 4. The lowest BCUT2D eigenvalue weighted by atomic mass is 9.92. The molecule has 0 atom stereocenters. The van der Waals surface area contributed by atoms with Gasteiger partial charge in [-0.05, 0) is 47.2 Å². The Labute approximate surface area is 226 Å². The van der Waals surface area contributed by atoms with Crippen LogP contribution in [0.25, 0.3) is 50.0 Å². The van der Waals surface area contributed by atoms with E-state index in [9.17, 15) is 0 Å². The largest absolute Gasteiger partial charge is 0.455 e. The minimum Gasteiger partial charge on any atom is -0.455 e. The molecule has 3 nitrogen and oxygen atoms in total. The first-order valence-corrected chi connectivity index (χ1v) is 17.2. The van der Waals surface area contributed by atoms with E-state index in [1.807, 2.05) is 12.1 Å². The number of furan rings is 1. The van der Waals surface area contributed by atoms with E-state index in [2.05, 4.69) is 119 Å². The van der Waals surface area contributed by atoms with Crippen molar-refractivity contribution in [3.8, 4) is 17.1 Å². The first kappa shape index (κ1) is 24.7. The molecule has 0 spiro atoms. The van der Waals surface area contributed by atoms with E-state index < -0.39 is 8.07 Å². The van der Waals surface area contributed by atoms with Gasteiger partial charge in [-0.3, -0.25) is 4.57 Å². The van der Waals surface area contributed by atoms with E-state index in [-0.39, 0.29) is 0 Å². The third-order valence-corrected chi connectivity index (χ3v) is 9.73. The second-order valence-electron chi connectivity index (χ2n) is 12.1. The van der Waals surface area contributed by atoms with Gasteiger partial charge < -0.3 is 4.42 Å². The molecule has 0 saturated carbocycles.